The summed E-state index contributed by atoms with van der Waals surface area (Å²) in [6.07, 6.45) is 3.94. The number of rotatable bonds is 2. The second-order valence-corrected chi connectivity index (χ2v) is 5.75. The molecular weight excluding hydrogens is 254 g/mol. The second-order valence-electron chi connectivity index (χ2n) is 5.75. The van der Waals surface area contributed by atoms with Crippen molar-refractivity contribution in [3.8, 4) is 0 Å². The van der Waals surface area contributed by atoms with Gasteiger partial charge in [-0.25, -0.2) is 0 Å². The van der Waals surface area contributed by atoms with E-state index in [9.17, 15) is 4.79 Å². The van der Waals surface area contributed by atoms with Gasteiger partial charge in [0.2, 0.25) is 0 Å². The first-order chi connectivity index (χ1) is 9.68. The molecule has 20 heavy (non-hydrogen) atoms. The van der Waals surface area contributed by atoms with E-state index in [0.29, 0.717) is 0 Å². The summed E-state index contributed by atoms with van der Waals surface area (Å²) in [6, 6.07) is 10.1. The van der Waals surface area contributed by atoms with Crippen LogP contribution in [0.1, 0.15) is 31.2 Å². The van der Waals surface area contributed by atoms with Crippen LogP contribution in [0.5, 0.6) is 0 Å². The van der Waals surface area contributed by atoms with Crippen molar-refractivity contribution < 1.29 is 14.4 Å². The Morgan fingerprint density at radius 2 is 2.15 bits per heavy atom. The SMILES string of the molecule is COC(=O)[C@]1(c2ccccc2)CCC[C@@H]2C[C@H]1N(C)O2. The van der Waals surface area contributed by atoms with Crippen LogP contribution in [0, 0.1) is 0 Å². The highest BCUT2D eigenvalue weighted by Gasteiger charge is 2.55. The Morgan fingerprint density at radius 1 is 1.40 bits per heavy atom. The molecule has 0 aromatic heterocycles. The van der Waals surface area contributed by atoms with Gasteiger partial charge in [0.15, 0.2) is 0 Å². The smallest absolute Gasteiger partial charge is 0.317 e. The molecule has 108 valence electrons. The standard InChI is InChI=1S/C16H21NO3/c1-17-14-11-13(20-17)9-6-10-16(14,15(18)19-2)12-7-4-3-5-8-12/h3-5,7-8,13-14H,6,9-11H2,1-2H3/t13-,14-,16+/m1/s1. The van der Waals surface area contributed by atoms with Crippen LogP contribution in [-0.2, 0) is 19.8 Å². The quantitative estimate of drug-likeness (QED) is 0.776. The Hall–Kier alpha value is -1.39. The van der Waals surface area contributed by atoms with Gasteiger partial charge >= 0.3 is 5.97 Å². The van der Waals surface area contributed by atoms with Crippen LogP contribution in [0.15, 0.2) is 30.3 Å². The fourth-order valence-electron chi connectivity index (χ4n) is 3.82. The lowest BCUT2D eigenvalue weighted by Gasteiger charge is -2.39. The summed E-state index contributed by atoms with van der Waals surface area (Å²) in [6.45, 7) is 0. The molecule has 0 unspecified atom stereocenters. The van der Waals surface area contributed by atoms with Gasteiger partial charge in [-0.2, -0.15) is 5.06 Å². The fraction of sp³-hybridized carbons (Fsp3) is 0.562. The van der Waals surface area contributed by atoms with Crippen LogP contribution >= 0.6 is 0 Å². The second kappa shape index (κ2) is 5.19. The largest absolute Gasteiger partial charge is 0.468 e. The number of benzene rings is 1. The minimum absolute atomic E-state index is 0.0462. The van der Waals surface area contributed by atoms with E-state index in [2.05, 4.69) is 0 Å². The molecule has 1 saturated heterocycles. The molecule has 4 heteroatoms. The van der Waals surface area contributed by atoms with Gasteiger partial charge in [-0.1, -0.05) is 30.3 Å². The highest BCUT2D eigenvalue weighted by molar-refractivity contribution is 5.84. The molecule has 2 fully saturated rings. The van der Waals surface area contributed by atoms with E-state index < -0.39 is 5.41 Å². The fourth-order valence-corrected chi connectivity index (χ4v) is 3.82. The van der Waals surface area contributed by atoms with E-state index >= 15 is 0 Å². The molecule has 2 bridgehead atoms. The summed E-state index contributed by atoms with van der Waals surface area (Å²) < 4.78 is 5.18. The van der Waals surface area contributed by atoms with Crippen molar-refractivity contribution in [2.75, 3.05) is 14.2 Å². The molecule has 1 aliphatic heterocycles. The molecule has 1 aliphatic carbocycles. The lowest BCUT2D eigenvalue weighted by atomic mass is 9.71. The zero-order valence-corrected chi connectivity index (χ0v) is 12.0. The third kappa shape index (κ3) is 1.95. The van der Waals surface area contributed by atoms with Crippen molar-refractivity contribution >= 4 is 5.97 Å². The van der Waals surface area contributed by atoms with Gasteiger partial charge in [0.25, 0.3) is 0 Å². The molecule has 1 aromatic rings. The topological polar surface area (TPSA) is 38.8 Å². The number of carbonyl (C=O) groups excluding carboxylic acids is 1. The molecule has 4 nitrogen and oxygen atoms in total. The van der Waals surface area contributed by atoms with Crippen LogP contribution in [0.25, 0.3) is 0 Å². The minimum atomic E-state index is -0.615. The maximum Gasteiger partial charge on any atom is 0.317 e. The molecule has 3 rings (SSSR count). The van der Waals surface area contributed by atoms with Gasteiger partial charge in [0, 0.05) is 7.05 Å². The summed E-state index contributed by atoms with van der Waals surface area (Å²) >= 11 is 0. The molecule has 1 aromatic carbocycles. The molecule has 0 radical (unpaired) electrons. The Labute approximate surface area is 119 Å². The molecule has 1 heterocycles. The summed E-state index contributed by atoms with van der Waals surface area (Å²) in [5, 5.41) is 1.87. The van der Waals surface area contributed by atoms with Gasteiger partial charge in [0.05, 0.1) is 19.3 Å². The number of hydroxylamine groups is 2. The van der Waals surface area contributed by atoms with Gasteiger partial charge < -0.3 is 4.74 Å². The first-order valence-electron chi connectivity index (χ1n) is 7.22. The maximum absolute atomic E-state index is 12.7. The average molecular weight is 275 g/mol. The Bertz CT molecular complexity index is 490. The molecule has 0 amide bonds. The van der Waals surface area contributed by atoms with E-state index in [0.717, 1.165) is 31.2 Å². The molecular formula is C16H21NO3. The number of hydrogen-bond acceptors (Lipinski definition) is 4. The van der Waals surface area contributed by atoms with Crippen molar-refractivity contribution in [1.29, 1.82) is 0 Å². The van der Waals surface area contributed by atoms with Crippen LogP contribution < -0.4 is 0 Å². The number of nitrogens with zero attached hydrogens (tertiary/aromatic N) is 1. The van der Waals surface area contributed by atoms with Gasteiger partial charge in [-0.05, 0) is 31.2 Å². The van der Waals surface area contributed by atoms with Crippen LogP contribution in [0.4, 0.5) is 0 Å². The summed E-state index contributed by atoms with van der Waals surface area (Å²) in [4.78, 5) is 18.5. The van der Waals surface area contributed by atoms with Crippen LogP contribution in [0.2, 0.25) is 0 Å². The van der Waals surface area contributed by atoms with Gasteiger partial charge in [0.1, 0.15) is 5.41 Å². The highest BCUT2D eigenvalue weighted by Crippen LogP contribution is 2.45. The van der Waals surface area contributed by atoms with Crippen molar-refractivity contribution in [2.45, 2.75) is 43.2 Å². The van der Waals surface area contributed by atoms with E-state index in [-0.39, 0.29) is 18.1 Å². The van der Waals surface area contributed by atoms with Crippen molar-refractivity contribution in [3.05, 3.63) is 35.9 Å². The lowest BCUT2D eigenvalue weighted by Crippen LogP contribution is -2.51. The molecule has 2 aliphatic rings. The predicted molar refractivity (Wildman–Crippen MR) is 75.0 cm³/mol. The summed E-state index contributed by atoms with van der Waals surface area (Å²) in [5.41, 5.74) is 0.422. The van der Waals surface area contributed by atoms with Gasteiger partial charge in [-0.15, -0.1) is 0 Å². The monoisotopic (exact) mass is 275 g/mol. The lowest BCUT2D eigenvalue weighted by molar-refractivity contribution is -0.177. The van der Waals surface area contributed by atoms with E-state index in [1.807, 2.05) is 42.4 Å². The van der Waals surface area contributed by atoms with Crippen molar-refractivity contribution in [3.63, 3.8) is 0 Å². The number of fused-ring (bicyclic) bond motifs is 2. The Balaban J connectivity index is 2.11. The number of likely N-dealkylation sites (N-methyl/N-ethyl adjacent to an activating group) is 1. The van der Waals surface area contributed by atoms with Crippen molar-refractivity contribution in [1.82, 2.24) is 5.06 Å². The van der Waals surface area contributed by atoms with Crippen LogP contribution in [0.3, 0.4) is 0 Å². The van der Waals surface area contributed by atoms with Gasteiger partial charge in [-0.3, -0.25) is 9.63 Å². The van der Waals surface area contributed by atoms with Crippen molar-refractivity contribution in [2.24, 2.45) is 0 Å². The number of ether oxygens (including phenoxy) is 1. The Morgan fingerprint density at radius 3 is 2.85 bits per heavy atom. The first-order valence-corrected chi connectivity index (χ1v) is 7.22. The molecule has 3 atom stereocenters. The number of carbonyl (C=O) groups is 1. The summed E-state index contributed by atoms with van der Waals surface area (Å²) in [7, 11) is 3.40. The third-order valence-electron chi connectivity index (χ3n) is 4.75. The van der Waals surface area contributed by atoms with E-state index in [4.69, 9.17) is 9.57 Å². The third-order valence-corrected chi connectivity index (χ3v) is 4.75. The maximum atomic E-state index is 12.7. The normalized spacial score (nSPS) is 33.7. The Kier molecular flexibility index (Phi) is 3.52. The number of hydrogen-bond donors (Lipinski definition) is 0. The predicted octanol–water partition coefficient (Wildman–Crippen LogP) is 2.29. The summed E-state index contributed by atoms with van der Waals surface area (Å²) in [5.74, 6) is -0.147. The van der Waals surface area contributed by atoms with Crippen LogP contribution in [-0.4, -0.2) is 37.3 Å². The number of esters is 1. The zero-order valence-electron chi connectivity index (χ0n) is 12.0. The molecule has 1 saturated carbocycles. The highest BCUT2D eigenvalue weighted by atomic mass is 16.7. The number of methoxy groups -OCH3 is 1. The minimum Gasteiger partial charge on any atom is -0.468 e. The molecule has 0 N–H and O–H groups in total. The molecule has 0 spiro atoms. The zero-order chi connectivity index (χ0) is 14.2. The average Bonchev–Trinajstić information content (AvgIpc) is 2.73. The van der Waals surface area contributed by atoms with E-state index in [1.165, 1.54) is 7.11 Å². The first kappa shape index (κ1) is 13.6. The van der Waals surface area contributed by atoms with E-state index in [1.54, 1.807) is 0 Å².